The van der Waals surface area contributed by atoms with E-state index in [-0.39, 0.29) is 23.5 Å². The minimum atomic E-state index is -3.34. The van der Waals surface area contributed by atoms with Gasteiger partial charge in [0.25, 0.3) is 0 Å². The number of sulfone groups is 1. The Morgan fingerprint density at radius 3 is 2.50 bits per heavy atom. The molecule has 7 heteroatoms. The lowest BCUT2D eigenvalue weighted by molar-refractivity contribution is 0.594. The fourth-order valence-corrected chi connectivity index (χ4v) is 4.31. The van der Waals surface area contributed by atoms with E-state index in [4.69, 9.17) is 0 Å². The molecular formula is C21H26FN3O2S. The highest BCUT2D eigenvalue weighted by molar-refractivity contribution is 7.91. The molecule has 5 nitrogen and oxygen atoms in total. The summed E-state index contributed by atoms with van der Waals surface area (Å²) in [6, 6.07) is 15.1. The van der Waals surface area contributed by atoms with Gasteiger partial charge in [-0.1, -0.05) is 30.3 Å². The van der Waals surface area contributed by atoms with Crippen molar-refractivity contribution in [3.8, 4) is 0 Å². The molecule has 1 fully saturated rings. The van der Waals surface area contributed by atoms with E-state index in [0.717, 1.165) is 18.4 Å². The number of halogens is 1. The maximum absolute atomic E-state index is 13.5. The summed E-state index contributed by atoms with van der Waals surface area (Å²) in [4.78, 5) is 4.94. The number of benzene rings is 2. The molecular weight excluding hydrogens is 377 g/mol. The molecule has 3 rings (SSSR count). The highest BCUT2D eigenvalue weighted by Crippen LogP contribution is 2.48. The van der Waals surface area contributed by atoms with E-state index in [1.165, 1.54) is 6.07 Å². The predicted octanol–water partition coefficient (Wildman–Crippen LogP) is 2.89. The van der Waals surface area contributed by atoms with Crippen molar-refractivity contribution in [2.24, 2.45) is 4.99 Å². The predicted molar refractivity (Wildman–Crippen MR) is 110 cm³/mol. The minimum absolute atomic E-state index is 0.0174. The summed E-state index contributed by atoms with van der Waals surface area (Å²) in [5.41, 5.74) is 0.861. The van der Waals surface area contributed by atoms with Crippen LogP contribution in [0.2, 0.25) is 0 Å². The van der Waals surface area contributed by atoms with Gasteiger partial charge in [0.15, 0.2) is 15.8 Å². The van der Waals surface area contributed by atoms with Crippen LogP contribution >= 0.6 is 0 Å². The van der Waals surface area contributed by atoms with Crippen LogP contribution in [0.3, 0.4) is 0 Å². The van der Waals surface area contributed by atoms with Gasteiger partial charge in [0, 0.05) is 18.5 Å². The molecule has 2 aromatic rings. The third-order valence-corrected chi connectivity index (χ3v) is 6.67. The topological polar surface area (TPSA) is 70.6 Å². The highest BCUT2D eigenvalue weighted by atomic mass is 32.2. The van der Waals surface area contributed by atoms with Crippen LogP contribution in [-0.4, -0.2) is 39.8 Å². The second-order valence-corrected chi connectivity index (χ2v) is 9.15. The first kappa shape index (κ1) is 20.3. The van der Waals surface area contributed by atoms with Gasteiger partial charge in [-0.2, -0.15) is 0 Å². The molecule has 0 unspecified atom stereocenters. The standard InChI is InChI=1S/C21H26FN3O2S/c1-2-23-20(24-13-14-28(26,27)19-9-4-3-5-10-19)25-16-21(11-12-21)17-7-6-8-18(22)15-17/h3-10,15H,2,11-14,16H2,1H3,(H2,23,24,25). The van der Waals surface area contributed by atoms with Gasteiger partial charge in [0.05, 0.1) is 17.2 Å². The Balaban J connectivity index is 1.61. The molecule has 2 aromatic carbocycles. The summed E-state index contributed by atoms with van der Waals surface area (Å²) in [7, 11) is -3.34. The molecule has 0 aromatic heterocycles. The number of guanidine groups is 1. The SMILES string of the molecule is CCNC(=NCC1(c2cccc(F)c2)CC1)NCCS(=O)(=O)c1ccccc1. The monoisotopic (exact) mass is 403 g/mol. The molecule has 1 aliphatic rings. The van der Waals surface area contributed by atoms with Crippen molar-refractivity contribution in [2.75, 3.05) is 25.4 Å². The Bertz CT molecular complexity index is 926. The van der Waals surface area contributed by atoms with E-state index in [0.29, 0.717) is 23.9 Å². The van der Waals surface area contributed by atoms with Crippen LogP contribution < -0.4 is 10.6 Å². The normalized spacial score (nSPS) is 15.9. The van der Waals surface area contributed by atoms with Crippen LogP contribution in [0.25, 0.3) is 0 Å². The fraction of sp³-hybridized carbons (Fsp3) is 0.381. The van der Waals surface area contributed by atoms with Crippen molar-refractivity contribution in [3.05, 3.63) is 66.0 Å². The van der Waals surface area contributed by atoms with E-state index in [1.54, 1.807) is 42.5 Å². The molecule has 0 bridgehead atoms. The van der Waals surface area contributed by atoms with Crippen molar-refractivity contribution < 1.29 is 12.8 Å². The maximum atomic E-state index is 13.5. The molecule has 0 aliphatic heterocycles. The molecule has 28 heavy (non-hydrogen) atoms. The van der Waals surface area contributed by atoms with Crippen LogP contribution in [0.1, 0.15) is 25.3 Å². The van der Waals surface area contributed by atoms with Gasteiger partial charge in [-0.15, -0.1) is 0 Å². The van der Waals surface area contributed by atoms with Crippen LogP contribution in [-0.2, 0) is 15.3 Å². The van der Waals surface area contributed by atoms with Crippen molar-refractivity contribution in [1.29, 1.82) is 0 Å². The van der Waals surface area contributed by atoms with Gasteiger partial charge in [-0.25, -0.2) is 12.8 Å². The first-order chi connectivity index (χ1) is 13.5. The van der Waals surface area contributed by atoms with Crippen molar-refractivity contribution >= 4 is 15.8 Å². The quantitative estimate of drug-likeness (QED) is 0.525. The Labute approximate surface area is 166 Å². The molecule has 150 valence electrons. The molecule has 0 spiro atoms. The largest absolute Gasteiger partial charge is 0.357 e. The number of nitrogens with zero attached hydrogens (tertiary/aromatic N) is 1. The van der Waals surface area contributed by atoms with Crippen molar-refractivity contribution in [1.82, 2.24) is 10.6 Å². The van der Waals surface area contributed by atoms with Crippen molar-refractivity contribution in [2.45, 2.75) is 30.1 Å². The zero-order valence-electron chi connectivity index (χ0n) is 16.0. The van der Waals surface area contributed by atoms with Gasteiger partial charge < -0.3 is 10.6 Å². The summed E-state index contributed by atoms with van der Waals surface area (Å²) in [5, 5.41) is 6.24. The number of rotatable bonds is 8. The molecule has 0 atom stereocenters. The number of aliphatic imine (C=N–C) groups is 1. The van der Waals surface area contributed by atoms with Gasteiger partial charge in [0.2, 0.25) is 0 Å². The zero-order chi connectivity index (χ0) is 20.0. The highest BCUT2D eigenvalue weighted by Gasteiger charge is 2.44. The molecule has 0 saturated heterocycles. The molecule has 1 aliphatic carbocycles. The summed E-state index contributed by atoms with van der Waals surface area (Å²) in [5.74, 6) is 0.327. The van der Waals surface area contributed by atoms with Gasteiger partial charge in [-0.3, -0.25) is 4.99 Å². The van der Waals surface area contributed by atoms with Gasteiger partial charge in [-0.05, 0) is 49.6 Å². The second kappa shape index (κ2) is 8.73. The van der Waals surface area contributed by atoms with Gasteiger partial charge >= 0.3 is 0 Å². The van der Waals surface area contributed by atoms with Crippen LogP contribution in [0.4, 0.5) is 4.39 Å². The number of hydrogen-bond acceptors (Lipinski definition) is 3. The third-order valence-electron chi connectivity index (χ3n) is 4.94. The molecule has 2 N–H and O–H groups in total. The summed E-state index contributed by atoms with van der Waals surface area (Å²) in [6.07, 6.45) is 1.95. The first-order valence-corrected chi connectivity index (χ1v) is 11.2. The Kier molecular flexibility index (Phi) is 6.34. The van der Waals surface area contributed by atoms with Crippen molar-refractivity contribution in [3.63, 3.8) is 0 Å². The lowest BCUT2D eigenvalue weighted by Crippen LogP contribution is -2.40. The van der Waals surface area contributed by atoms with Crippen LogP contribution in [0.5, 0.6) is 0 Å². The lowest BCUT2D eigenvalue weighted by Gasteiger charge is -2.16. The third kappa shape index (κ3) is 5.10. The smallest absolute Gasteiger partial charge is 0.191 e. The molecule has 1 saturated carbocycles. The van der Waals surface area contributed by atoms with E-state index in [9.17, 15) is 12.8 Å². The van der Waals surface area contributed by atoms with E-state index >= 15 is 0 Å². The first-order valence-electron chi connectivity index (χ1n) is 9.51. The average Bonchev–Trinajstić information content (AvgIpc) is 3.48. The Morgan fingerprint density at radius 2 is 1.86 bits per heavy atom. The average molecular weight is 404 g/mol. The van der Waals surface area contributed by atoms with E-state index in [1.807, 2.05) is 13.0 Å². The number of nitrogens with one attached hydrogen (secondary N) is 2. The lowest BCUT2D eigenvalue weighted by atomic mass is 9.96. The second-order valence-electron chi connectivity index (χ2n) is 7.04. The zero-order valence-corrected chi connectivity index (χ0v) is 16.8. The summed E-state index contributed by atoms with van der Waals surface area (Å²) >= 11 is 0. The fourth-order valence-electron chi connectivity index (χ4n) is 3.13. The van der Waals surface area contributed by atoms with Crippen LogP contribution in [0, 0.1) is 5.82 Å². The number of hydrogen-bond donors (Lipinski definition) is 2. The summed E-state index contributed by atoms with van der Waals surface area (Å²) in [6.45, 7) is 3.43. The molecule has 0 heterocycles. The summed E-state index contributed by atoms with van der Waals surface area (Å²) < 4.78 is 38.3. The Morgan fingerprint density at radius 1 is 1.11 bits per heavy atom. The molecule has 0 amide bonds. The Hall–Kier alpha value is -2.41. The molecule has 0 radical (unpaired) electrons. The van der Waals surface area contributed by atoms with Gasteiger partial charge in [0.1, 0.15) is 5.82 Å². The maximum Gasteiger partial charge on any atom is 0.191 e. The minimum Gasteiger partial charge on any atom is -0.357 e. The van der Waals surface area contributed by atoms with E-state index < -0.39 is 9.84 Å². The van der Waals surface area contributed by atoms with E-state index in [2.05, 4.69) is 15.6 Å². The van der Waals surface area contributed by atoms with Crippen LogP contribution in [0.15, 0.2) is 64.5 Å².